The Bertz CT molecular complexity index is 1710. The van der Waals surface area contributed by atoms with E-state index in [1.165, 1.54) is 7.11 Å². The van der Waals surface area contributed by atoms with Crippen LogP contribution in [-0.2, 0) is 28.6 Å². The molecule has 1 fully saturated rings. The lowest BCUT2D eigenvalue weighted by Crippen LogP contribution is -2.46. The third-order valence-electron chi connectivity index (χ3n) is 9.43. The second-order valence-corrected chi connectivity index (χ2v) is 13.1. The van der Waals surface area contributed by atoms with E-state index >= 15 is 0 Å². The van der Waals surface area contributed by atoms with Crippen LogP contribution >= 0.6 is 0 Å². The van der Waals surface area contributed by atoms with Gasteiger partial charge in [0.1, 0.15) is 18.1 Å². The Morgan fingerprint density at radius 1 is 0.852 bits per heavy atom. The quantitative estimate of drug-likeness (QED) is 0.0607. The number of methoxy groups -OCH3 is 1. The first-order chi connectivity index (χ1) is 26.1. The monoisotopic (exact) mass is 749 g/mol. The topological polar surface area (TPSA) is 83.9 Å². The number of aliphatic hydroxyl groups is 1. The summed E-state index contributed by atoms with van der Waals surface area (Å²) in [6, 6.07) is 28.2. The fourth-order valence-corrected chi connectivity index (χ4v) is 6.36. The van der Waals surface area contributed by atoms with Crippen molar-refractivity contribution in [2.24, 2.45) is 0 Å². The number of anilines is 1. The van der Waals surface area contributed by atoms with Crippen molar-refractivity contribution >= 4 is 11.7 Å². The van der Waals surface area contributed by atoms with E-state index in [2.05, 4.69) is 20.8 Å². The Morgan fingerprint density at radius 2 is 1.56 bits per heavy atom. The minimum atomic E-state index is -4.33. The Labute approximate surface area is 315 Å². The smallest absolute Gasteiger partial charge is 0.416 e. The molecule has 0 saturated carbocycles. The molecule has 4 aromatic carbocycles. The zero-order valence-electron chi connectivity index (χ0n) is 31.0. The zero-order chi connectivity index (χ0) is 38.3. The number of para-hydroxylation sites is 1. The summed E-state index contributed by atoms with van der Waals surface area (Å²) in [5.41, 5.74) is 3.52. The molecule has 1 aliphatic heterocycles. The minimum absolute atomic E-state index is 0.373. The molecule has 0 radical (unpaired) electrons. The first-order valence-corrected chi connectivity index (χ1v) is 18.4. The average Bonchev–Trinajstić information content (AvgIpc) is 3.19. The summed E-state index contributed by atoms with van der Waals surface area (Å²) in [7, 11) is 1.37. The maximum atomic E-state index is 12.9. The molecule has 1 saturated heterocycles. The van der Waals surface area contributed by atoms with Crippen molar-refractivity contribution in [3.8, 4) is 11.5 Å². The van der Waals surface area contributed by atoms with Gasteiger partial charge in [-0.3, -0.25) is 9.80 Å². The molecule has 9 nitrogen and oxygen atoms in total. The van der Waals surface area contributed by atoms with Crippen molar-refractivity contribution in [2.75, 3.05) is 77.6 Å². The highest BCUT2D eigenvalue weighted by Crippen LogP contribution is 2.31. The fourth-order valence-electron chi connectivity index (χ4n) is 6.36. The van der Waals surface area contributed by atoms with E-state index in [0.29, 0.717) is 49.8 Å². The summed E-state index contributed by atoms with van der Waals surface area (Å²) in [6.45, 7) is 9.38. The van der Waals surface area contributed by atoms with Crippen LogP contribution in [0.4, 0.5) is 18.9 Å². The SMILES string of the molecule is CCOC(O)c1ccc(OCCN(CCc2ccccc2OCCCN2CCN(c3ccc(C(F)(F)F)cc3)CC2)Cc2ccc(C(=O)OC)cc2)cc1. The van der Waals surface area contributed by atoms with E-state index in [-0.39, 0.29) is 5.97 Å². The molecule has 1 heterocycles. The van der Waals surface area contributed by atoms with E-state index < -0.39 is 18.0 Å². The van der Waals surface area contributed by atoms with Crippen LogP contribution in [0, 0.1) is 0 Å². The molecule has 54 heavy (non-hydrogen) atoms. The molecule has 0 aromatic heterocycles. The molecule has 290 valence electrons. The van der Waals surface area contributed by atoms with E-state index in [1.54, 1.807) is 36.4 Å². The molecule has 5 rings (SSSR count). The van der Waals surface area contributed by atoms with E-state index in [9.17, 15) is 23.1 Å². The lowest BCUT2D eigenvalue weighted by Gasteiger charge is -2.36. The molecule has 0 spiro atoms. The van der Waals surface area contributed by atoms with E-state index in [0.717, 1.165) is 86.8 Å². The van der Waals surface area contributed by atoms with Gasteiger partial charge in [0.15, 0.2) is 6.29 Å². The summed E-state index contributed by atoms with van der Waals surface area (Å²) in [6.07, 6.45) is -3.69. The van der Waals surface area contributed by atoms with Gasteiger partial charge >= 0.3 is 12.1 Å². The van der Waals surface area contributed by atoms with Gasteiger partial charge < -0.3 is 29.0 Å². The number of carbonyl (C=O) groups is 1. The summed E-state index contributed by atoms with van der Waals surface area (Å²) < 4.78 is 61.3. The molecule has 1 unspecified atom stereocenters. The molecular weight excluding hydrogens is 699 g/mol. The number of carbonyl (C=O) groups excluding carboxylic acids is 1. The summed E-state index contributed by atoms with van der Waals surface area (Å²) in [4.78, 5) is 18.8. The predicted molar refractivity (Wildman–Crippen MR) is 202 cm³/mol. The molecule has 0 amide bonds. The first kappa shape index (κ1) is 40.6. The van der Waals surface area contributed by atoms with Gasteiger partial charge in [0, 0.05) is 70.2 Å². The Hall–Kier alpha value is -4.62. The third kappa shape index (κ3) is 12.2. The third-order valence-corrected chi connectivity index (χ3v) is 9.43. The maximum absolute atomic E-state index is 12.9. The number of esters is 1. The summed E-state index contributed by atoms with van der Waals surface area (Å²) in [5.74, 6) is 1.18. The van der Waals surface area contributed by atoms with Gasteiger partial charge in [0.2, 0.25) is 0 Å². The summed E-state index contributed by atoms with van der Waals surface area (Å²) in [5, 5.41) is 10.1. The molecular formula is C42H50F3N3O6. The van der Waals surface area contributed by atoms with Gasteiger partial charge in [-0.15, -0.1) is 0 Å². The zero-order valence-corrected chi connectivity index (χ0v) is 31.0. The number of rotatable bonds is 19. The predicted octanol–water partition coefficient (Wildman–Crippen LogP) is 7.23. The summed E-state index contributed by atoms with van der Waals surface area (Å²) >= 11 is 0. The van der Waals surface area contributed by atoms with Crippen molar-refractivity contribution in [3.63, 3.8) is 0 Å². The number of hydrogen-bond donors (Lipinski definition) is 1. The highest BCUT2D eigenvalue weighted by Gasteiger charge is 2.30. The van der Waals surface area contributed by atoms with Crippen LogP contribution in [0.25, 0.3) is 0 Å². The van der Waals surface area contributed by atoms with Crippen LogP contribution in [0.1, 0.15) is 52.2 Å². The molecule has 0 aliphatic carbocycles. The number of hydrogen-bond acceptors (Lipinski definition) is 9. The molecule has 4 aromatic rings. The number of benzene rings is 4. The van der Waals surface area contributed by atoms with Gasteiger partial charge in [0.05, 0.1) is 24.8 Å². The lowest BCUT2D eigenvalue weighted by atomic mass is 10.1. The molecule has 0 bridgehead atoms. The largest absolute Gasteiger partial charge is 0.493 e. The van der Waals surface area contributed by atoms with Crippen LogP contribution in [0.3, 0.4) is 0 Å². The highest BCUT2D eigenvalue weighted by molar-refractivity contribution is 5.89. The maximum Gasteiger partial charge on any atom is 0.416 e. The van der Waals surface area contributed by atoms with Gasteiger partial charge in [0.25, 0.3) is 0 Å². The van der Waals surface area contributed by atoms with Crippen LogP contribution in [0.5, 0.6) is 11.5 Å². The standard InChI is InChI=1S/C42H50F3N3O6/c1-3-52-41(50)35-13-19-38(20-14-35)53-30-28-47(31-32-9-11-34(12-10-32)40(49)51-2)23-21-33-7-4-5-8-39(33)54-29-6-22-46-24-26-48(27-25-46)37-17-15-36(16-18-37)42(43,44)45/h4-5,7-20,41,50H,3,6,21-31H2,1-2H3. The second kappa shape index (κ2) is 20.2. The average molecular weight is 750 g/mol. The minimum Gasteiger partial charge on any atom is -0.493 e. The number of piperazine rings is 1. The number of alkyl halides is 3. The van der Waals surface area contributed by atoms with Crippen molar-refractivity contribution in [3.05, 3.63) is 125 Å². The van der Waals surface area contributed by atoms with Gasteiger partial charge in [-0.05, 0) is 85.5 Å². The number of ether oxygens (including phenoxy) is 4. The van der Waals surface area contributed by atoms with E-state index in [4.69, 9.17) is 18.9 Å². The number of halogens is 3. The first-order valence-electron chi connectivity index (χ1n) is 18.4. The van der Waals surface area contributed by atoms with Gasteiger partial charge in [-0.1, -0.05) is 42.5 Å². The molecule has 12 heteroatoms. The van der Waals surface area contributed by atoms with Crippen molar-refractivity contribution in [1.82, 2.24) is 9.80 Å². The van der Waals surface area contributed by atoms with E-state index in [1.807, 2.05) is 49.4 Å². The highest BCUT2D eigenvalue weighted by atomic mass is 19.4. The Balaban J connectivity index is 1.11. The lowest BCUT2D eigenvalue weighted by molar-refractivity contribution is -0.137. The Kier molecular flexibility index (Phi) is 15.2. The van der Waals surface area contributed by atoms with Crippen LogP contribution < -0.4 is 14.4 Å². The molecule has 1 N–H and O–H groups in total. The normalized spacial score (nSPS) is 14.2. The number of nitrogens with zero attached hydrogens (tertiary/aromatic N) is 3. The van der Waals surface area contributed by atoms with Crippen LogP contribution in [-0.4, -0.2) is 93.6 Å². The molecule has 1 aliphatic rings. The molecule has 1 atom stereocenters. The van der Waals surface area contributed by atoms with Crippen molar-refractivity contribution in [1.29, 1.82) is 0 Å². The van der Waals surface area contributed by atoms with Crippen molar-refractivity contribution in [2.45, 2.75) is 38.8 Å². The van der Waals surface area contributed by atoms with Crippen molar-refractivity contribution < 1.29 is 42.0 Å². The second-order valence-electron chi connectivity index (χ2n) is 13.1. The fraction of sp³-hybridized carbons (Fsp3) is 0.405. The van der Waals surface area contributed by atoms with Crippen LogP contribution in [0.15, 0.2) is 97.1 Å². The van der Waals surface area contributed by atoms with Crippen LogP contribution in [0.2, 0.25) is 0 Å². The van der Waals surface area contributed by atoms with Gasteiger partial charge in [-0.25, -0.2) is 4.79 Å². The Morgan fingerprint density at radius 3 is 2.22 bits per heavy atom. The number of aliphatic hydroxyl groups excluding tert-OH is 1. The van der Waals surface area contributed by atoms with Gasteiger partial charge in [-0.2, -0.15) is 13.2 Å².